The van der Waals surface area contributed by atoms with E-state index >= 15 is 0 Å². The molecule has 19 heavy (non-hydrogen) atoms. The molecule has 0 spiro atoms. The van der Waals surface area contributed by atoms with Crippen molar-refractivity contribution < 1.29 is 13.2 Å². The van der Waals surface area contributed by atoms with Crippen LogP contribution in [-0.2, 0) is 6.18 Å². The lowest BCUT2D eigenvalue weighted by atomic mass is 10.2. The lowest BCUT2D eigenvalue weighted by Gasteiger charge is -2.33. The first-order valence-corrected chi connectivity index (χ1v) is 5.88. The van der Waals surface area contributed by atoms with Gasteiger partial charge in [-0.2, -0.15) is 18.4 Å². The normalized spacial score (nSPS) is 20.2. The van der Waals surface area contributed by atoms with Crippen molar-refractivity contribution in [1.82, 2.24) is 10.3 Å². The van der Waals surface area contributed by atoms with Crippen LogP contribution in [0.4, 0.5) is 19.0 Å². The summed E-state index contributed by atoms with van der Waals surface area (Å²) < 4.78 is 38.0. The van der Waals surface area contributed by atoms with Gasteiger partial charge >= 0.3 is 6.18 Å². The van der Waals surface area contributed by atoms with Crippen molar-refractivity contribution in [3.8, 4) is 6.07 Å². The number of halogens is 3. The Morgan fingerprint density at radius 2 is 2.21 bits per heavy atom. The summed E-state index contributed by atoms with van der Waals surface area (Å²) in [5.74, 6) is 0.116. The van der Waals surface area contributed by atoms with Crippen LogP contribution < -0.4 is 10.2 Å². The van der Waals surface area contributed by atoms with Crippen LogP contribution in [0.1, 0.15) is 18.2 Å². The average molecular weight is 270 g/mol. The molecule has 0 bridgehead atoms. The van der Waals surface area contributed by atoms with E-state index in [9.17, 15) is 13.2 Å². The van der Waals surface area contributed by atoms with Crippen LogP contribution in [0.3, 0.4) is 0 Å². The summed E-state index contributed by atoms with van der Waals surface area (Å²) in [6.07, 6.45) is -4.50. The van der Waals surface area contributed by atoms with E-state index in [4.69, 9.17) is 5.26 Å². The van der Waals surface area contributed by atoms with E-state index < -0.39 is 11.9 Å². The molecular weight excluding hydrogens is 257 g/mol. The summed E-state index contributed by atoms with van der Waals surface area (Å²) in [4.78, 5) is 5.34. The first-order valence-electron chi connectivity index (χ1n) is 5.88. The maximum atomic E-state index is 12.7. The molecule has 0 aliphatic carbocycles. The Morgan fingerprint density at radius 1 is 1.47 bits per heavy atom. The van der Waals surface area contributed by atoms with E-state index in [2.05, 4.69) is 10.3 Å². The average Bonchev–Trinajstić information content (AvgIpc) is 2.37. The maximum absolute atomic E-state index is 12.7. The summed E-state index contributed by atoms with van der Waals surface area (Å²) in [5.41, 5.74) is -0.796. The highest BCUT2D eigenvalue weighted by molar-refractivity contribution is 5.55. The molecule has 1 aliphatic rings. The second-order valence-corrected chi connectivity index (χ2v) is 4.48. The van der Waals surface area contributed by atoms with E-state index in [1.807, 2.05) is 13.0 Å². The SMILES string of the molecule is C[C@H]1CN(c2nc(C(F)(F)F)ccc2C#N)CCN1. The lowest BCUT2D eigenvalue weighted by Crippen LogP contribution is -2.49. The molecule has 1 N–H and O–H groups in total. The molecule has 1 aromatic rings. The summed E-state index contributed by atoms with van der Waals surface area (Å²) >= 11 is 0. The summed E-state index contributed by atoms with van der Waals surface area (Å²) in [7, 11) is 0. The van der Waals surface area contributed by atoms with Crippen LogP contribution in [0.5, 0.6) is 0 Å². The number of pyridine rings is 1. The zero-order chi connectivity index (χ0) is 14.0. The number of piperazine rings is 1. The zero-order valence-corrected chi connectivity index (χ0v) is 10.3. The molecule has 0 aromatic carbocycles. The van der Waals surface area contributed by atoms with Gasteiger partial charge < -0.3 is 10.2 Å². The van der Waals surface area contributed by atoms with Crippen molar-refractivity contribution in [2.24, 2.45) is 0 Å². The van der Waals surface area contributed by atoms with Crippen LogP contribution in [0, 0.1) is 11.3 Å². The quantitative estimate of drug-likeness (QED) is 0.845. The van der Waals surface area contributed by atoms with E-state index in [-0.39, 0.29) is 17.4 Å². The Labute approximate surface area is 108 Å². The Balaban J connectivity index is 2.39. The third kappa shape index (κ3) is 2.96. The highest BCUT2D eigenvalue weighted by atomic mass is 19.4. The van der Waals surface area contributed by atoms with Crippen molar-refractivity contribution in [3.05, 3.63) is 23.4 Å². The first kappa shape index (κ1) is 13.6. The molecule has 7 heteroatoms. The van der Waals surface area contributed by atoms with Gasteiger partial charge in [-0.25, -0.2) is 4.98 Å². The second-order valence-electron chi connectivity index (χ2n) is 4.48. The van der Waals surface area contributed by atoms with Gasteiger partial charge in [-0.15, -0.1) is 0 Å². The number of aromatic nitrogens is 1. The molecule has 1 saturated heterocycles. The van der Waals surface area contributed by atoms with Crippen molar-refractivity contribution in [2.75, 3.05) is 24.5 Å². The van der Waals surface area contributed by atoms with E-state index in [1.165, 1.54) is 6.07 Å². The maximum Gasteiger partial charge on any atom is 0.433 e. The van der Waals surface area contributed by atoms with E-state index in [0.717, 1.165) is 6.07 Å². The van der Waals surface area contributed by atoms with Gasteiger partial charge in [0, 0.05) is 25.7 Å². The highest BCUT2D eigenvalue weighted by Crippen LogP contribution is 2.30. The Kier molecular flexibility index (Phi) is 3.62. The number of nitrogens with zero attached hydrogens (tertiary/aromatic N) is 3. The fraction of sp³-hybridized carbons (Fsp3) is 0.500. The van der Waals surface area contributed by atoms with Crippen molar-refractivity contribution >= 4 is 5.82 Å². The molecular formula is C12H13F3N4. The Morgan fingerprint density at radius 3 is 2.79 bits per heavy atom. The number of anilines is 1. The van der Waals surface area contributed by atoms with Crippen molar-refractivity contribution in [2.45, 2.75) is 19.1 Å². The van der Waals surface area contributed by atoms with Gasteiger partial charge in [-0.3, -0.25) is 0 Å². The molecule has 1 atom stereocenters. The lowest BCUT2D eigenvalue weighted by molar-refractivity contribution is -0.141. The van der Waals surface area contributed by atoms with E-state index in [0.29, 0.717) is 19.6 Å². The minimum absolute atomic E-state index is 0.116. The minimum Gasteiger partial charge on any atom is -0.353 e. The van der Waals surface area contributed by atoms with E-state index in [1.54, 1.807) is 4.90 Å². The Bertz CT molecular complexity index is 507. The number of nitrogens with one attached hydrogen (secondary N) is 1. The number of rotatable bonds is 1. The molecule has 1 aliphatic heterocycles. The summed E-state index contributed by atoms with van der Waals surface area (Å²) in [5, 5.41) is 12.2. The Hall–Kier alpha value is -1.81. The van der Waals surface area contributed by atoms with Gasteiger partial charge in [0.1, 0.15) is 17.6 Å². The molecule has 0 saturated carbocycles. The third-order valence-electron chi connectivity index (χ3n) is 2.95. The van der Waals surface area contributed by atoms with Gasteiger partial charge in [-0.1, -0.05) is 0 Å². The molecule has 0 unspecified atom stereocenters. The molecule has 2 heterocycles. The number of hydrogen-bond acceptors (Lipinski definition) is 4. The van der Waals surface area contributed by atoms with Crippen LogP contribution >= 0.6 is 0 Å². The standard InChI is InChI=1S/C12H13F3N4/c1-8-7-19(5-4-17-8)11-9(6-16)2-3-10(18-11)12(13,14)15/h2-3,8,17H,4-5,7H2,1H3/t8-/m0/s1. The van der Waals surface area contributed by atoms with Crippen molar-refractivity contribution in [1.29, 1.82) is 5.26 Å². The van der Waals surface area contributed by atoms with Crippen LogP contribution in [0.25, 0.3) is 0 Å². The van der Waals surface area contributed by atoms with Crippen LogP contribution in [-0.4, -0.2) is 30.7 Å². The number of alkyl halides is 3. The molecule has 4 nitrogen and oxygen atoms in total. The van der Waals surface area contributed by atoms with Gasteiger partial charge in [-0.05, 0) is 19.1 Å². The summed E-state index contributed by atoms with van der Waals surface area (Å²) in [6, 6.07) is 4.06. The fourth-order valence-electron chi connectivity index (χ4n) is 2.06. The van der Waals surface area contributed by atoms with Crippen molar-refractivity contribution in [3.63, 3.8) is 0 Å². The number of hydrogen-bond donors (Lipinski definition) is 1. The molecule has 0 amide bonds. The summed E-state index contributed by atoms with van der Waals surface area (Å²) in [6.45, 7) is 3.66. The van der Waals surface area contributed by atoms with Crippen LogP contribution in [0.2, 0.25) is 0 Å². The zero-order valence-electron chi connectivity index (χ0n) is 10.3. The second kappa shape index (κ2) is 5.05. The molecule has 0 radical (unpaired) electrons. The van der Waals surface area contributed by atoms with Gasteiger partial charge in [0.05, 0.1) is 5.56 Å². The largest absolute Gasteiger partial charge is 0.433 e. The minimum atomic E-state index is -4.50. The predicted molar refractivity (Wildman–Crippen MR) is 63.6 cm³/mol. The number of nitriles is 1. The van der Waals surface area contributed by atoms with Gasteiger partial charge in [0.15, 0.2) is 0 Å². The monoisotopic (exact) mass is 270 g/mol. The smallest absolute Gasteiger partial charge is 0.353 e. The molecule has 1 aromatic heterocycles. The predicted octanol–water partition coefficient (Wildman–Crippen LogP) is 1.77. The third-order valence-corrected chi connectivity index (χ3v) is 2.95. The van der Waals surface area contributed by atoms with Gasteiger partial charge in [0.2, 0.25) is 0 Å². The molecule has 102 valence electrons. The van der Waals surface area contributed by atoms with Crippen LogP contribution in [0.15, 0.2) is 12.1 Å². The first-order chi connectivity index (χ1) is 8.91. The molecule has 2 rings (SSSR count). The fourth-order valence-corrected chi connectivity index (χ4v) is 2.06. The highest BCUT2D eigenvalue weighted by Gasteiger charge is 2.34. The van der Waals surface area contributed by atoms with Gasteiger partial charge in [0.25, 0.3) is 0 Å². The molecule has 1 fully saturated rings. The topological polar surface area (TPSA) is 52.0 Å².